The highest BCUT2D eigenvalue weighted by atomic mass is 32.2. The first-order chi connectivity index (χ1) is 11.3. The predicted molar refractivity (Wildman–Crippen MR) is 97.1 cm³/mol. The van der Waals surface area contributed by atoms with Gasteiger partial charge < -0.3 is 10.2 Å². The molecule has 1 aromatic carbocycles. The zero-order chi connectivity index (χ0) is 16.5. The van der Waals surface area contributed by atoms with Gasteiger partial charge in [0.15, 0.2) is 0 Å². The van der Waals surface area contributed by atoms with Gasteiger partial charge in [-0.2, -0.15) is 0 Å². The highest BCUT2D eigenvalue weighted by Gasteiger charge is 2.18. The summed E-state index contributed by atoms with van der Waals surface area (Å²) in [5.41, 5.74) is 0.585. The number of carbonyl (C=O) groups is 1. The van der Waals surface area contributed by atoms with Crippen LogP contribution in [0.5, 0.6) is 0 Å². The minimum Gasteiger partial charge on any atom is -0.372 e. The zero-order valence-electron chi connectivity index (χ0n) is 13.2. The lowest BCUT2D eigenvalue weighted by Gasteiger charge is -2.22. The molecule has 4 nitrogen and oxygen atoms in total. The van der Waals surface area contributed by atoms with Crippen LogP contribution in [0.25, 0.3) is 0 Å². The first-order valence-electron chi connectivity index (χ1n) is 7.47. The normalized spacial score (nSPS) is 10.1. The van der Waals surface area contributed by atoms with Crippen LogP contribution in [0.1, 0.15) is 10.4 Å². The number of amides is 1. The Hall–Kier alpha value is -2.27. The fourth-order valence-electron chi connectivity index (χ4n) is 2.17. The molecule has 0 unspecified atom stereocenters. The Bertz CT molecular complexity index is 646. The smallest absolute Gasteiger partial charge is 0.257 e. The molecular formula is C18H21N3OS. The van der Waals surface area contributed by atoms with Crippen LogP contribution in [0.15, 0.2) is 66.2 Å². The van der Waals surface area contributed by atoms with Crippen LogP contribution in [0, 0.1) is 0 Å². The molecule has 1 amide bonds. The summed E-state index contributed by atoms with van der Waals surface area (Å²) in [5, 5.41) is 2.97. The maximum atomic E-state index is 12.7. The quantitative estimate of drug-likeness (QED) is 0.595. The van der Waals surface area contributed by atoms with Crippen molar-refractivity contribution in [3.8, 4) is 0 Å². The summed E-state index contributed by atoms with van der Waals surface area (Å²) in [6.45, 7) is 4.93. The second-order valence-electron chi connectivity index (χ2n) is 4.85. The van der Waals surface area contributed by atoms with Gasteiger partial charge in [0, 0.05) is 37.0 Å². The van der Waals surface area contributed by atoms with Crippen molar-refractivity contribution in [2.45, 2.75) is 4.90 Å². The highest BCUT2D eigenvalue weighted by Crippen LogP contribution is 2.18. The number of hydrogen-bond acceptors (Lipinski definition) is 4. The molecule has 0 aliphatic rings. The summed E-state index contributed by atoms with van der Waals surface area (Å²) in [6.07, 6.45) is 3.42. The number of rotatable bonds is 8. The van der Waals surface area contributed by atoms with Crippen LogP contribution in [-0.4, -0.2) is 41.7 Å². The molecule has 0 fully saturated rings. The molecule has 2 aromatic rings. The van der Waals surface area contributed by atoms with Gasteiger partial charge in [-0.1, -0.05) is 24.3 Å². The molecule has 1 aromatic heterocycles. The number of pyridine rings is 1. The summed E-state index contributed by atoms with van der Waals surface area (Å²) in [4.78, 5) is 19.9. The second-order valence-corrected chi connectivity index (χ2v) is 6.02. The number of carbonyl (C=O) groups excluding carboxylic acids is 1. The molecule has 1 heterocycles. The van der Waals surface area contributed by atoms with Crippen molar-refractivity contribution in [3.63, 3.8) is 0 Å². The SMILES string of the molecule is C=CCN(CCSc1ccccc1)C(=O)c1cccnc1NC. The molecule has 0 bridgehead atoms. The number of anilines is 1. The third kappa shape index (κ3) is 4.86. The molecule has 5 heteroatoms. The Morgan fingerprint density at radius 3 is 2.78 bits per heavy atom. The maximum Gasteiger partial charge on any atom is 0.257 e. The van der Waals surface area contributed by atoms with Crippen molar-refractivity contribution >= 4 is 23.5 Å². The van der Waals surface area contributed by atoms with Crippen molar-refractivity contribution in [1.82, 2.24) is 9.88 Å². The lowest BCUT2D eigenvalue weighted by Crippen LogP contribution is -2.33. The third-order valence-electron chi connectivity index (χ3n) is 3.28. The Morgan fingerprint density at radius 2 is 2.09 bits per heavy atom. The van der Waals surface area contributed by atoms with Crippen molar-refractivity contribution in [1.29, 1.82) is 0 Å². The van der Waals surface area contributed by atoms with Gasteiger partial charge in [-0.05, 0) is 24.3 Å². The Balaban J connectivity index is 2.02. The molecule has 2 rings (SSSR count). The fraction of sp³-hybridized carbons (Fsp3) is 0.222. The average Bonchev–Trinajstić information content (AvgIpc) is 2.61. The molecule has 1 N–H and O–H groups in total. The van der Waals surface area contributed by atoms with E-state index in [9.17, 15) is 4.79 Å². The number of thioether (sulfide) groups is 1. The predicted octanol–water partition coefficient (Wildman–Crippen LogP) is 3.54. The van der Waals surface area contributed by atoms with Crippen molar-refractivity contribution in [2.24, 2.45) is 0 Å². The van der Waals surface area contributed by atoms with E-state index in [-0.39, 0.29) is 5.91 Å². The first-order valence-corrected chi connectivity index (χ1v) is 8.45. The summed E-state index contributed by atoms with van der Waals surface area (Å²) >= 11 is 1.74. The van der Waals surface area contributed by atoms with Gasteiger partial charge in [0.25, 0.3) is 5.91 Å². The van der Waals surface area contributed by atoms with E-state index < -0.39 is 0 Å². The maximum absolute atomic E-state index is 12.7. The zero-order valence-corrected chi connectivity index (χ0v) is 14.1. The number of nitrogens with zero attached hydrogens (tertiary/aromatic N) is 2. The molecule has 0 atom stereocenters. The molecule has 120 valence electrons. The van der Waals surface area contributed by atoms with E-state index in [1.165, 1.54) is 4.90 Å². The van der Waals surface area contributed by atoms with E-state index in [0.717, 1.165) is 5.75 Å². The van der Waals surface area contributed by atoms with Gasteiger partial charge in [-0.15, -0.1) is 18.3 Å². The van der Waals surface area contributed by atoms with E-state index in [2.05, 4.69) is 29.0 Å². The largest absolute Gasteiger partial charge is 0.372 e. The van der Waals surface area contributed by atoms with Gasteiger partial charge in [-0.3, -0.25) is 4.79 Å². The standard InChI is InChI=1S/C18H21N3OS/c1-3-12-21(13-14-23-15-8-5-4-6-9-15)18(22)16-10-7-11-20-17(16)19-2/h3-11H,1,12-14H2,2H3,(H,19,20). The highest BCUT2D eigenvalue weighted by molar-refractivity contribution is 7.99. The van der Waals surface area contributed by atoms with Crippen LogP contribution in [0.2, 0.25) is 0 Å². The molecule has 0 saturated heterocycles. The minimum atomic E-state index is -0.0315. The topological polar surface area (TPSA) is 45.2 Å². The summed E-state index contributed by atoms with van der Waals surface area (Å²) in [7, 11) is 1.77. The van der Waals surface area contributed by atoms with E-state index in [1.54, 1.807) is 48.1 Å². The average molecular weight is 327 g/mol. The Morgan fingerprint density at radius 1 is 1.30 bits per heavy atom. The van der Waals surface area contributed by atoms with Crippen LogP contribution in [-0.2, 0) is 0 Å². The van der Waals surface area contributed by atoms with Gasteiger partial charge in [-0.25, -0.2) is 4.98 Å². The first kappa shape index (κ1) is 17.1. The van der Waals surface area contributed by atoms with Gasteiger partial charge in [0.05, 0.1) is 5.56 Å². The van der Waals surface area contributed by atoms with Crippen LogP contribution in [0.3, 0.4) is 0 Å². The molecule has 23 heavy (non-hydrogen) atoms. The summed E-state index contributed by atoms with van der Waals surface area (Å²) in [6, 6.07) is 13.8. The molecule has 0 radical (unpaired) electrons. The van der Waals surface area contributed by atoms with E-state index >= 15 is 0 Å². The van der Waals surface area contributed by atoms with Gasteiger partial charge >= 0.3 is 0 Å². The fourth-order valence-corrected chi connectivity index (χ4v) is 3.07. The van der Waals surface area contributed by atoms with Gasteiger partial charge in [0.1, 0.15) is 5.82 Å². The molecule has 0 saturated carbocycles. The van der Waals surface area contributed by atoms with Crippen molar-refractivity contribution < 1.29 is 4.79 Å². The van der Waals surface area contributed by atoms with Crippen molar-refractivity contribution in [2.75, 3.05) is 31.2 Å². The molecular weight excluding hydrogens is 306 g/mol. The van der Waals surface area contributed by atoms with Crippen LogP contribution in [0.4, 0.5) is 5.82 Å². The second kappa shape index (κ2) is 9.00. The van der Waals surface area contributed by atoms with Crippen molar-refractivity contribution in [3.05, 3.63) is 66.9 Å². The molecule has 0 spiro atoms. The lowest BCUT2D eigenvalue weighted by atomic mass is 10.2. The van der Waals surface area contributed by atoms with E-state index in [0.29, 0.717) is 24.5 Å². The summed E-state index contributed by atoms with van der Waals surface area (Å²) < 4.78 is 0. The number of hydrogen-bond donors (Lipinski definition) is 1. The number of nitrogens with one attached hydrogen (secondary N) is 1. The minimum absolute atomic E-state index is 0.0315. The third-order valence-corrected chi connectivity index (χ3v) is 4.28. The van der Waals surface area contributed by atoms with Crippen LogP contribution >= 0.6 is 11.8 Å². The summed E-state index contributed by atoms with van der Waals surface area (Å²) in [5.74, 6) is 1.40. The van der Waals surface area contributed by atoms with Gasteiger partial charge in [0.2, 0.25) is 0 Å². The van der Waals surface area contributed by atoms with Crippen LogP contribution < -0.4 is 5.32 Å². The number of benzene rings is 1. The van der Waals surface area contributed by atoms with E-state index in [4.69, 9.17) is 0 Å². The molecule has 0 aliphatic carbocycles. The monoisotopic (exact) mass is 327 g/mol. The lowest BCUT2D eigenvalue weighted by molar-refractivity contribution is 0.0784. The Labute approximate surface area is 141 Å². The molecule has 0 aliphatic heterocycles. The number of aromatic nitrogens is 1. The Kier molecular flexibility index (Phi) is 6.69. The van der Waals surface area contributed by atoms with E-state index in [1.807, 2.05) is 18.2 Å².